The van der Waals surface area contributed by atoms with Crippen molar-refractivity contribution >= 4 is 33.4 Å². The van der Waals surface area contributed by atoms with Gasteiger partial charge >= 0.3 is 0 Å². The van der Waals surface area contributed by atoms with Gasteiger partial charge in [-0.05, 0) is 36.4 Å². The fraction of sp³-hybridized carbons (Fsp3) is 0.0526. The SMILES string of the molecule is N#Cc1cc2ccccc2n1NCc1cc2cc(Cl)ccc2[nH]c1=O. The molecule has 0 radical (unpaired) electrons. The molecular formula is C19H13ClN4O. The average molecular weight is 349 g/mol. The number of hydrogen-bond acceptors (Lipinski definition) is 3. The summed E-state index contributed by atoms with van der Waals surface area (Å²) in [7, 11) is 0. The van der Waals surface area contributed by atoms with E-state index < -0.39 is 0 Å². The van der Waals surface area contributed by atoms with Crippen LogP contribution >= 0.6 is 11.6 Å². The Kier molecular flexibility index (Phi) is 3.68. The summed E-state index contributed by atoms with van der Waals surface area (Å²) in [5.74, 6) is 0. The first kappa shape index (κ1) is 15.3. The summed E-state index contributed by atoms with van der Waals surface area (Å²) < 4.78 is 1.71. The third kappa shape index (κ3) is 2.73. The highest BCUT2D eigenvalue weighted by Gasteiger charge is 2.09. The van der Waals surface area contributed by atoms with Gasteiger partial charge in [-0.2, -0.15) is 5.26 Å². The molecule has 0 unspecified atom stereocenters. The van der Waals surface area contributed by atoms with Crippen molar-refractivity contribution < 1.29 is 0 Å². The molecule has 2 heterocycles. The van der Waals surface area contributed by atoms with Crippen molar-refractivity contribution in [2.24, 2.45) is 0 Å². The molecule has 2 N–H and O–H groups in total. The third-order valence-electron chi connectivity index (χ3n) is 4.14. The highest BCUT2D eigenvalue weighted by Crippen LogP contribution is 2.19. The van der Waals surface area contributed by atoms with Crippen LogP contribution in [0.5, 0.6) is 0 Å². The van der Waals surface area contributed by atoms with E-state index in [1.807, 2.05) is 42.5 Å². The lowest BCUT2D eigenvalue weighted by Gasteiger charge is -2.11. The quantitative estimate of drug-likeness (QED) is 0.592. The van der Waals surface area contributed by atoms with E-state index in [2.05, 4.69) is 16.5 Å². The first-order chi connectivity index (χ1) is 12.2. The van der Waals surface area contributed by atoms with Gasteiger partial charge in [-0.3, -0.25) is 4.79 Å². The second-order valence-corrected chi connectivity index (χ2v) is 6.16. The molecule has 0 bridgehead atoms. The number of nitrogens with one attached hydrogen (secondary N) is 2. The Labute approximate surface area is 148 Å². The molecule has 0 aliphatic heterocycles. The largest absolute Gasteiger partial charge is 0.322 e. The van der Waals surface area contributed by atoms with E-state index in [9.17, 15) is 10.1 Å². The first-order valence-corrected chi connectivity index (χ1v) is 8.09. The Hall–Kier alpha value is -3.23. The predicted molar refractivity (Wildman–Crippen MR) is 99.3 cm³/mol. The zero-order valence-corrected chi connectivity index (χ0v) is 13.8. The lowest BCUT2D eigenvalue weighted by atomic mass is 10.1. The third-order valence-corrected chi connectivity index (χ3v) is 4.37. The van der Waals surface area contributed by atoms with Crippen LogP contribution < -0.4 is 11.0 Å². The zero-order valence-electron chi connectivity index (χ0n) is 13.1. The average Bonchev–Trinajstić information content (AvgIpc) is 2.98. The monoisotopic (exact) mass is 348 g/mol. The van der Waals surface area contributed by atoms with Crippen LogP contribution in [-0.2, 0) is 6.54 Å². The van der Waals surface area contributed by atoms with Crippen molar-refractivity contribution in [3.8, 4) is 6.07 Å². The number of benzene rings is 2. The molecule has 0 spiro atoms. The molecule has 122 valence electrons. The molecule has 25 heavy (non-hydrogen) atoms. The van der Waals surface area contributed by atoms with Crippen molar-refractivity contribution in [1.29, 1.82) is 5.26 Å². The lowest BCUT2D eigenvalue weighted by Crippen LogP contribution is -2.21. The Morgan fingerprint density at radius 3 is 2.80 bits per heavy atom. The molecule has 2 aromatic heterocycles. The predicted octanol–water partition coefficient (Wildman–Crippen LogP) is 3.75. The Morgan fingerprint density at radius 2 is 1.96 bits per heavy atom. The minimum atomic E-state index is -0.169. The molecule has 0 fully saturated rings. The molecule has 0 aliphatic carbocycles. The summed E-state index contributed by atoms with van der Waals surface area (Å²) in [5.41, 5.74) is 5.68. The van der Waals surface area contributed by atoms with E-state index in [-0.39, 0.29) is 12.1 Å². The number of fused-ring (bicyclic) bond motifs is 2. The van der Waals surface area contributed by atoms with Crippen molar-refractivity contribution in [3.05, 3.63) is 81.2 Å². The minimum Gasteiger partial charge on any atom is -0.322 e. The normalized spacial score (nSPS) is 10.9. The smallest absolute Gasteiger partial charge is 0.253 e. The number of para-hydroxylation sites is 1. The van der Waals surface area contributed by atoms with Crippen LogP contribution in [0.1, 0.15) is 11.3 Å². The van der Waals surface area contributed by atoms with Crippen LogP contribution in [-0.4, -0.2) is 9.66 Å². The topological polar surface area (TPSA) is 73.6 Å². The maximum absolute atomic E-state index is 12.3. The number of hydrogen-bond donors (Lipinski definition) is 2. The number of nitriles is 1. The molecule has 4 rings (SSSR count). The van der Waals surface area contributed by atoms with Crippen LogP contribution in [0.15, 0.2) is 59.4 Å². The van der Waals surface area contributed by atoms with Gasteiger partial charge in [0.25, 0.3) is 5.56 Å². The number of rotatable bonds is 3. The molecule has 0 amide bonds. The molecule has 4 aromatic rings. The number of halogens is 1. The fourth-order valence-corrected chi connectivity index (χ4v) is 3.11. The molecule has 5 nitrogen and oxygen atoms in total. The van der Waals surface area contributed by atoms with E-state index in [1.165, 1.54) is 0 Å². The summed E-state index contributed by atoms with van der Waals surface area (Å²) in [6.07, 6.45) is 0. The zero-order chi connectivity index (χ0) is 17.4. The summed E-state index contributed by atoms with van der Waals surface area (Å²) in [6.45, 7) is 0.283. The van der Waals surface area contributed by atoms with Gasteiger partial charge in [-0.15, -0.1) is 0 Å². The van der Waals surface area contributed by atoms with E-state index in [4.69, 9.17) is 11.6 Å². The van der Waals surface area contributed by atoms with Gasteiger partial charge in [-0.25, -0.2) is 4.68 Å². The van der Waals surface area contributed by atoms with Crippen LogP contribution in [0, 0.1) is 11.3 Å². The van der Waals surface area contributed by atoms with Crippen LogP contribution in [0.25, 0.3) is 21.8 Å². The number of pyridine rings is 1. The van der Waals surface area contributed by atoms with Crippen LogP contribution in [0.2, 0.25) is 5.02 Å². The summed E-state index contributed by atoms with van der Waals surface area (Å²) in [4.78, 5) is 15.1. The van der Waals surface area contributed by atoms with E-state index >= 15 is 0 Å². The van der Waals surface area contributed by atoms with Gasteiger partial charge < -0.3 is 10.4 Å². The molecule has 0 saturated heterocycles. The highest BCUT2D eigenvalue weighted by molar-refractivity contribution is 6.31. The van der Waals surface area contributed by atoms with Gasteiger partial charge in [0.1, 0.15) is 11.8 Å². The van der Waals surface area contributed by atoms with Crippen molar-refractivity contribution in [2.45, 2.75) is 6.54 Å². The summed E-state index contributed by atoms with van der Waals surface area (Å²) in [6, 6.07) is 18.8. The van der Waals surface area contributed by atoms with Crippen LogP contribution in [0.3, 0.4) is 0 Å². The Bertz CT molecular complexity index is 1200. The van der Waals surface area contributed by atoms with Gasteiger partial charge in [0.2, 0.25) is 0 Å². The molecule has 0 atom stereocenters. The number of nitrogens with zero attached hydrogens (tertiary/aromatic N) is 2. The lowest BCUT2D eigenvalue weighted by molar-refractivity contribution is 0.854. The number of aromatic amines is 1. The maximum atomic E-state index is 12.3. The van der Waals surface area contributed by atoms with E-state index in [0.717, 1.165) is 21.8 Å². The van der Waals surface area contributed by atoms with Gasteiger partial charge in [0.15, 0.2) is 0 Å². The van der Waals surface area contributed by atoms with Gasteiger partial charge in [0.05, 0.1) is 12.1 Å². The second kappa shape index (κ2) is 6.00. The molecule has 6 heteroatoms. The Balaban J connectivity index is 1.72. The highest BCUT2D eigenvalue weighted by atomic mass is 35.5. The standard InChI is InChI=1S/C19H13ClN4O/c20-15-5-6-17-13(8-15)7-14(19(25)23-17)11-22-24-16(10-21)9-12-3-1-2-4-18(12)24/h1-9,22H,11H2,(H,23,25). The van der Waals surface area contributed by atoms with E-state index in [1.54, 1.807) is 16.8 Å². The molecule has 0 saturated carbocycles. The van der Waals surface area contributed by atoms with Crippen molar-refractivity contribution in [2.75, 3.05) is 5.43 Å². The molecule has 0 aliphatic rings. The fourth-order valence-electron chi connectivity index (χ4n) is 2.93. The minimum absolute atomic E-state index is 0.169. The number of aromatic nitrogens is 2. The maximum Gasteiger partial charge on any atom is 0.253 e. The van der Waals surface area contributed by atoms with Crippen molar-refractivity contribution in [1.82, 2.24) is 9.66 Å². The van der Waals surface area contributed by atoms with Gasteiger partial charge in [-0.1, -0.05) is 29.8 Å². The van der Waals surface area contributed by atoms with Crippen LogP contribution in [0.4, 0.5) is 0 Å². The first-order valence-electron chi connectivity index (χ1n) is 7.71. The molecular weight excluding hydrogens is 336 g/mol. The second-order valence-electron chi connectivity index (χ2n) is 5.73. The van der Waals surface area contributed by atoms with E-state index in [0.29, 0.717) is 16.3 Å². The summed E-state index contributed by atoms with van der Waals surface area (Å²) in [5, 5.41) is 11.8. The van der Waals surface area contributed by atoms with Gasteiger partial charge in [0, 0.05) is 26.9 Å². The Morgan fingerprint density at radius 1 is 1.12 bits per heavy atom. The summed E-state index contributed by atoms with van der Waals surface area (Å²) >= 11 is 6.03. The van der Waals surface area contributed by atoms with Crippen molar-refractivity contribution in [3.63, 3.8) is 0 Å². The molecule has 2 aromatic carbocycles. The number of H-pyrrole nitrogens is 1.